The zero-order chi connectivity index (χ0) is 13.0. The van der Waals surface area contributed by atoms with Crippen molar-refractivity contribution in [1.29, 1.82) is 0 Å². The number of aryl methyl sites for hydroxylation is 2. The Labute approximate surface area is 108 Å². The predicted octanol–water partition coefficient (Wildman–Crippen LogP) is 2.53. The molecule has 0 radical (unpaired) electrons. The molecule has 0 unspecified atom stereocenters. The molecular formula is C14H22N2O2. The molecule has 1 aliphatic rings. The van der Waals surface area contributed by atoms with E-state index in [1.165, 1.54) is 19.3 Å². The highest BCUT2D eigenvalue weighted by atomic mass is 16.5. The lowest BCUT2D eigenvalue weighted by Crippen LogP contribution is -2.33. The fourth-order valence-corrected chi connectivity index (χ4v) is 2.68. The highest BCUT2D eigenvalue weighted by molar-refractivity contribution is 5.78. The van der Waals surface area contributed by atoms with E-state index in [1.54, 1.807) is 0 Å². The zero-order valence-corrected chi connectivity index (χ0v) is 11.3. The molecule has 4 heteroatoms. The molecule has 0 aromatic carbocycles. The third-order valence-electron chi connectivity index (χ3n) is 3.83. The maximum Gasteiger partial charge on any atom is 0.223 e. The lowest BCUT2D eigenvalue weighted by molar-refractivity contribution is -0.125. The molecule has 18 heavy (non-hydrogen) atoms. The van der Waals surface area contributed by atoms with Crippen LogP contribution in [0.25, 0.3) is 0 Å². The van der Waals surface area contributed by atoms with Gasteiger partial charge in [0.1, 0.15) is 5.76 Å². The lowest BCUT2D eigenvalue weighted by atomic mass is 9.88. The summed E-state index contributed by atoms with van der Waals surface area (Å²) >= 11 is 0. The van der Waals surface area contributed by atoms with Crippen molar-refractivity contribution in [2.45, 2.75) is 52.4 Å². The first kappa shape index (κ1) is 13.1. The molecule has 0 aliphatic heterocycles. The summed E-state index contributed by atoms with van der Waals surface area (Å²) in [7, 11) is 0. The van der Waals surface area contributed by atoms with Crippen LogP contribution in [-0.2, 0) is 11.2 Å². The number of aromatic nitrogens is 1. The fraction of sp³-hybridized carbons (Fsp3) is 0.714. The van der Waals surface area contributed by atoms with Crippen LogP contribution < -0.4 is 5.32 Å². The number of nitrogens with zero attached hydrogens (tertiary/aromatic N) is 1. The Kier molecular flexibility index (Phi) is 4.39. The van der Waals surface area contributed by atoms with Crippen molar-refractivity contribution in [1.82, 2.24) is 10.5 Å². The maximum atomic E-state index is 11.9. The van der Waals surface area contributed by atoms with Gasteiger partial charge in [0, 0.05) is 18.0 Å². The van der Waals surface area contributed by atoms with Gasteiger partial charge in [-0.1, -0.05) is 24.4 Å². The number of rotatable bonds is 4. The highest BCUT2D eigenvalue weighted by Gasteiger charge is 2.20. The van der Waals surface area contributed by atoms with Crippen LogP contribution in [0.1, 0.15) is 49.1 Å². The first-order chi connectivity index (χ1) is 8.68. The van der Waals surface area contributed by atoms with E-state index in [9.17, 15) is 4.79 Å². The van der Waals surface area contributed by atoms with Crippen LogP contribution in [-0.4, -0.2) is 17.6 Å². The molecule has 1 fully saturated rings. The molecule has 0 spiro atoms. The Morgan fingerprint density at radius 3 is 2.67 bits per heavy atom. The summed E-state index contributed by atoms with van der Waals surface area (Å²) < 4.78 is 5.11. The van der Waals surface area contributed by atoms with Crippen LogP contribution in [0.5, 0.6) is 0 Å². The minimum Gasteiger partial charge on any atom is -0.361 e. The lowest BCUT2D eigenvalue weighted by Gasteiger charge is -2.20. The summed E-state index contributed by atoms with van der Waals surface area (Å²) in [6.07, 6.45) is 6.58. The van der Waals surface area contributed by atoms with Gasteiger partial charge in [0.15, 0.2) is 0 Å². The highest BCUT2D eigenvalue weighted by Crippen LogP contribution is 2.23. The number of carbonyl (C=O) groups excluding carboxylic acids is 1. The molecule has 1 saturated carbocycles. The van der Waals surface area contributed by atoms with E-state index in [0.717, 1.165) is 36.3 Å². The van der Waals surface area contributed by atoms with Crippen LogP contribution in [0.15, 0.2) is 4.52 Å². The predicted molar refractivity (Wildman–Crippen MR) is 69.3 cm³/mol. The van der Waals surface area contributed by atoms with Gasteiger partial charge in [-0.25, -0.2) is 0 Å². The molecule has 1 aromatic rings. The average molecular weight is 250 g/mol. The molecule has 1 aromatic heterocycles. The second-order valence-corrected chi connectivity index (χ2v) is 5.18. The summed E-state index contributed by atoms with van der Waals surface area (Å²) in [6.45, 7) is 4.53. The third-order valence-corrected chi connectivity index (χ3v) is 3.83. The Morgan fingerprint density at radius 2 is 2.06 bits per heavy atom. The summed E-state index contributed by atoms with van der Waals surface area (Å²) in [4.78, 5) is 11.9. The summed E-state index contributed by atoms with van der Waals surface area (Å²) in [5.74, 6) is 1.32. The van der Waals surface area contributed by atoms with E-state index in [0.29, 0.717) is 6.54 Å². The minimum absolute atomic E-state index is 0.224. The summed E-state index contributed by atoms with van der Waals surface area (Å²) in [5, 5.41) is 6.95. The molecule has 0 atom stereocenters. The van der Waals surface area contributed by atoms with Crippen LogP contribution in [0.3, 0.4) is 0 Å². The average Bonchev–Trinajstić information content (AvgIpc) is 2.71. The molecule has 100 valence electrons. The number of hydrogen-bond acceptors (Lipinski definition) is 3. The molecule has 1 N–H and O–H groups in total. The molecule has 2 rings (SSSR count). The fourth-order valence-electron chi connectivity index (χ4n) is 2.68. The first-order valence-corrected chi connectivity index (χ1v) is 6.88. The van der Waals surface area contributed by atoms with Gasteiger partial charge in [0.25, 0.3) is 0 Å². The molecule has 0 saturated heterocycles. The SMILES string of the molecule is Cc1noc(C)c1CCNC(=O)C1CCCCC1. The summed E-state index contributed by atoms with van der Waals surface area (Å²) in [5.41, 5.74) is 2.05. The van der Waals surface area contributed by atoms with Gasteiger partial charge >= 0.3 is 0 Å². The van der Waals surface area contributed by atoms with Gasteiger partial charge in [-0.3, -0.25) is 4.79 Å². The standard InChI is InChI=1S/C14H22N2O2/c1-10-13(11(2)18-16-10)8-9-15-14(17)12-6-4-3-5-7-12/h12H,3-9H2,1-2H3,(H,15,17). The van der Waals surface area contributed by atoms with Gasteiger partial charge in [0.2, 0.25) is 5.91 Å². The van der Waals surface area contributed by atoms with E-state index in [-0.39, 0.29) is 11.8 Å². The van der Waals surface area contributed by atoms with Crippen LogP contribution in [0.2, 0.25) is 0 Å². The van der Waals surface area contributed by atoms with Crippen LogP contribution >= 0.6 is 0 Å². The molecule has 1 amide bonds. The van der Waals surface area contributed by atoms with Crippen molar-refractivity contribution in [3.8, 4) is 0 Å². The van der Waals surface area contributed by atoms with E-state index in [4.69, 9.17) is 4.52 Å². The maximum absolute atomic E-state index is 11.9. The second-order valence-electron chi connectivity index (χ2n) is 5.18. The van der Waals surface area contributed by atoms with Crippen molar-refractivity contribution in [2.24, 2.45) is 5.92 Å². The van der Waals surface area contributed by atoms with Crippen LogP contribution in [0, 0.1) is 19.8 Å². The van der Waals surface area contributed by atoms with Crippen molar-refractivity contribution < 1.29 is 9.32 Å². The third kappa shape index (κ3) is 3.12. The zero-order valence-electron chi connectivity index (χ0n) is 11.3. The van der Waals surface area contributed by atoms with Gasteiger partial charge < -0.3 is 9.84 Å². The normalized spacial score (nSPS) is 16.8. The van der Waals surface area contributed by atoms with Crippen molar-refractivity contribution in [2.75, 3.05) is 6.54 Å². The van der Waals surface area contributed by atoms with E-state index < -0.39 is 0 Å². The van der Waals surface area contributed by atoms with E-state index in [2.05, 4.69) is 10.5 Å². The topological polar surface area (TPSA) is 55.1 Å². The quantitative estimate of drug-likeness (QED) is 0.893. The smallest absolute Gasteiger partial charge is 0.223 e. The molecule has 1 heterocycles. The van der Waals surface area contributed by atoms with E-state index >= 15 is 0 Å². The molecule has 1 aliphatic carbocycles. The number of nitrogens with one attached hydrogen (secondary N) is 1. The van der Waals surface area contributed by atoms with Crippen molar-refractivity contribution in [3.63, 3.8) is 0 Å². The Hall–Kier alpha value is -1.32. The molecule has 4 nitrogen and oxygen atoms in total. The van der Waals surface area contributed by atoms with Crippen LogP contribution in [0.4, 0.5) is 0 Å². The number of hydrogen-bond donors (Lipinski definition) is 1. The minimum atomic E-state index is 0.224. The Balaban J connectivity index is 1.76. The van der Waals surface area contributed by atoms with Gasteiger partial charge in [-0.05, 0) is 33.1 Å². The Bertz CT molecular complexity index is 386. The molecule has 0 bridgehead atoms. The first-order valence-electron chi connectivity index (χ1n) is 6.88. The van der Waals surface area contributed by atoms with Gasteiger partial charge in [-0.15, -0.1) is 0 Å². The molecular weight excluding hydrogens is 228 g/mol. The van der Waals surface area contributed by atoms with Crippen molar-refractivity contribution in [3.05, 3.63) is 17.0 Å². The van der Waals surface area contributed by atoms with E-state index in [1.807, 2.05) is 13.8 Å². The number of carbonyl (C=O) groups is 1. The van der Waals surface area contributed by atoms with Gasteiger partial charge in [0.05, 0.1) is 5.69 Å². The second kappa shape index (κ2) is 6.03. The summed E-state index contributed by atoms with van der Waals surface area (Å²) in [6, 6.07) is 0. The Morgan fingerprint density at radius 1 is 1.33 bits per heavy atom. The number of amides is 1. The van der Waals surface area contributed by atoms with Crippen molar-refractivity contribution >= 4 is 5.91 Å². The monoisotopic (exact) mass is 250 g/mol. The van der Waals surface area contributed by atoms with Gasteiger partial charge in [-0.2, -0.15) is 0 Å². The largest absolute Gasteiger partial charge is 0.361 e.